The lowest BCUT2D eigenvalue weighted by atomic mass is 10.1. The van der Waals surface area contributed by atoms with E-state index in [1.165, 1.54) is 12.1 Å². The molecule has 1 heterocycles. The summed E-state index contributed by atoms with van der Waals surface area (Å²) in [6.07, 6.45) is 3.61. The number of nitrogens with zero attached hydrogens (tertiary/aromatic N) is 3. The van der Waals surface area contributed by atoms with Crippen LogP contribution in [0.15, 0.2) is 23.9 Å². The van der Waals surface area contributed by atoms with E-state index in [2.05, 4.69) is 0 Å². The number of benzene rings is 1. The van der Waals surface area contributed by atoms with E-state index < -0.39 is 9.85 Å². The van der Waals surface area contributed by atoms with Gasteiger partial charge in [-0.3, -0.25) is 20.2 Å². The monoisotopic (exact) mass is 263 g/mol. The fourth-order valence-electron chi connectivity index (χ4n) is 2.12. The van der Waals surface area contributed by atoms with Gasteiger partial charge in [-0.05, 0) is 25.0 Å². The zero-order valence-corrected chi connectivity index (χ0v) is 10.4. The second-order valence-corrected chi connectivity index (χ2v) is 4.42. The van der Waals surface area contributed by atoms with Crippen LogP contribution in [0.25, 0.3) is 6.08 Å². The van der Waals surface area contributed by atoms with Gasteiger partial charge >= 0.3 is 0 Å². The zero-order valence-electron chi connectivity index (χ0n) is 10.4. The summed E-state index contributed by atoms with van der Waals surface area (Å²) >= 11 is 0. The first-order valence-electron chi connectivity index (χ1n) is 5.83. The molecule has 0 atom stereocenters. The first kappa shape index (κ1) is 13.0. The van der Waals surface area contributed by atoms with Gasteiger partial charge in [0, 0.05) is 25.4 Å². The largest absolute Gasteiger partial charge is 0.378 e. The van der Waals surface area contributed by atoms with E-state index in [9.17, 15) is 20.2 Å². The summed E-state index contributed by atoms with van der Waals surface area (Å²) in [6, 6.07) is 3.71. The molecule has 0 unspecified atom stereocenters. The lowest BCUT2D eigenvalue weighted by Gasteiger charge is -2.12. The fourth-order valence-corrected chi connectivity index (χ4v) is 2.12. The average molecular weight is 263 g/mol. The van der Waals surface area contributed by atoms with Gasteiger partial charge in [0.05, 0.1) is 21.5 Å². The fraction of sp³-hybridized carbons (Fsp3) is 0.333. The molecule has 0 aliphatic carbocycles. The Labute approximate surface area is 109 Å². The van der Waals surface area contributed by atoms with Crippen LogP contribution in [0.1, 0.15) is 18.4 Å². The molecule has 1 fully saturated rings. The van der Waals surface area contributed by atoms with Crippen molar-refractivity contribution in [3.8, 4) is 0 Å². The Morgan fingerprint density at radius 2 is 2.00 bits per heavy atom. The molecule has 0 bridgehead atoms. The third-order valence-electron chi connectivity index (χ3n) is 3.16. The lowest BCUT2D eigenvalue weighted by Crippen LogP contribution is -2.09. The van der Waals surface area contributed by atoms with Crippen LogP contribution in [0.4, 0.5) is 11.4 Å². The highest BCUT2D eigenvalue weighted by molar-refractivity contribution is 5.65. The van der Waals surface area contributed by atoms with E-state index in [4.69, 9.17) is 0 Å². The highest BCUT2D eigenvalue weighted by Gasteiger charge is 2.20. The van der Waals surface area contributed by atoms with Crippen molar-refractivity contribution in [3.05, 3.63) is 49.7 Å². The summed E-state index contributed by atoms with van der Waals surface area (Å²) in [5.74, 6) is 0. The summed E-state index contributed by atoms with van der Waals surface area (Å²) < 4.78 is 0. The molecule has 19 heavy (non-hydrogen) atoms. The van der Waals surface area contributed by atoms with Crippen LogP contribution in [0.5, 0.6) is 0 Å². The van der Waals surface area contributed by atoms with Crippen LogP contribution in [0.2, 0.25) is 0 Å². The van der Waals surface area contributed by atoms with E-state index in [0.717, 1.165) is 31.1 Å². The van der Waals surface area contributed by atoms with E-state index in [1.807, 2.05) is 11.9 Å². The Kier molecular flexibility index (Phi) is 3.46. The predicted octanol–water partition coefficient (Wildman–Crippen LogP) is 2.57. The van der Waals surface area contributed by atoms with Crippen molar-refractivity contribution in [2.45, 2.75) is 12.8 Å². The molecule has 2 rings (SSSR count). The molecule has 100 valence electrons. The normalized spacial score (nSPS) is 16.9. The maximum Gasteiger partial charge on any atom is 0.283 e. The van der Waals surface area contributed by atoms with Crippen LogP contribution in [0, 0.1) is 20.2 Å². The number of hydrogen-bond acceptors (Lipinski definition) is 5. The highest BCUT2D eigenvalue weighted by Crippen LogP contribution is 2.29. The van der Waals surface area contributed by atoms with Gasteiger partial charge < -0.3 is 4.90 Å². The van der Waals surface area contributed by atoms with Gasteiger partial charge in [-0.1, -0.05) is 0 Å². The van der Waals surface area contributed by atoms with Crippen LogP contribution in [-0.2, 0) is 0 Å². The van der Waals surface area contributed by atoms with Gasteiger partial charge in [0.2, 0.25) is 0 Å². The second-order valence-electron chi connectivity index (χ2n) is 4.42. The van der Waals surface area contributed by atoms with Crippen molar-refractivity contribution < 1.29 is 9.85 Å². The van der Waals surface area contributed by atoms with Crippen molar-refractivity contribution in [2.24, 2.45) is 0 Å². The number of rotatable bonds is 3. The Hall–Kier alpha value is -2.44. The van der Waals surface area contributed by atoms with Gasteiger partial charge in [-0.15, -0.1) is 0 Å². The second kappa shape index (κ2) is 5.05. The predicted molar refractivity (Wildman–Crippen MR) is 69.6 cm³/mol. The van der Waals surface area contributed by atoms with Gasteiger partial charge in [-0.2, -0.15) is 0 Å². The molecule has 0 saturated carbocycles. The zero-order chi connectivity index (χ0) is 14.0. The van der Waals surface area contributed by atoms with Crippen molar-refractivity contribution in [1.82, 2.24) is 4.90 Å². The number of allylic oxidation sites excluding steroid dienone is 1. The Balaban J connectivity index is 2.45. The van der Waals surface area contributed by atoms with Crippen molar-refractivity contribution in [3.63, 3.8) is 0 Å². The smallest absolute Gasteiger partial charge is 0.283 e. The molecule has 1 saturated heterocycles. The molecule has 1 aromatic carbocycles. The number of non-ortho nitro benzene ring substituents is 1. The summed E-state index contributed by atoms with van der Waals surface area (Å²) in [7, 11) is 1.93. The van der Waals surface area contributed by atoms with Gasteiger partial charge in [-0.25, -0.2) is 0 Å². The molecule has 1 aliphatic rings. The third-order valence-corrected chi connectivity index (χ3v) is 3.16. The van der Waals surface area contributed by atoms with Crippen LogP contribution < -0.4 is 0 Å². The molecule has 0 amide bonds. The molecule has 7 heteroatoms. The van der Waals surface area contributed by atoms with Crippen LogP contribution in [0.3, 0.4) is 0 Å². The molecule has 1 aliphatic heterocycles. The topological polar surface area (TPSA) is 89.5 Å². The van der Waals surface area contributed by atoms with E-state index in [0.29, 0.717) is 5.56 Å². The number of likely N-dealkylation sites (tertiary alicyclic amines) is 1. The first-order valence-corrected chi connectivity index (χ1v) is 5.83. The van der Waals surface area contributed by atoms with Crippen LogP contribution in [-0.4, -0.2) is 28.3 Å². The van der Waals surface area contributed by atoms with Gasteiger partial charge in [0.25, 0.3) is 11.4 Å². The van der Waals surface area contributed by atoms with Crippen LogP contribution >= 0.6 is 0 Å². The molecule has 0 N–H and O–H groups in total. The Morgan fingerprint density at radius 1 is 1.26 bits per heavy atom. The summed E-state index contributed by atoms with van der Waals surface area (Å²) in [6.45, 7) is 0.923. The molecule has 0 radical (unpaired) electrons. The minimum atomic E-state index is -0.633. The van der Waals surface area contributed by atoms with Gasteiger partial charge in [0.1, 0.15) is 0 Å². The van der Waals surface area contributed by atoms with E-state index in [1.54, 1.807) is 6.08 Å². The minimum Gasteiger partial charge on any atom is -0.378 e. The van der Waals surface area contributed by atoms with Gasteiger partial charge in [0.15, 0.2) is 0 Å². The minimum absolute atomic E-state index is 0.234. The molecule has 1 aromatic rings. The quantitative estimate of drug-likeness (QED) is 0.617. The standard InChI is InChI=1S/C12H13N3O4/c1-13-6-2-3-10(13)7-9-4-5-11(14(16)17)8-12(9)15(18)19/h4-5,7-8H,2-3,6H2,1H3/b10-7-. The molecular formula is C12H13N3O4. The number of nitro groups is 2. The average Bonchev–Trinajstić information content (AvgIpc) is 2.75. The SMILES string of the molecule is CN1CCC/C1=C/c1ccc([N+](=O)[O-])cc1[N+](=O)[O-]. The summed E-state index contributed by atoms with van der Waals surface area (Å²) in [5.41, 5.74) is 0.909. The van der Waals surface area contributed by atoms with E-state index in [-0.39, 0.29) is 11.4 Å². The maximum atomic E-state index is 11.0. The Bertz CT molecular complexity index is 568. The van der Waals surface area contributed by atoms with Crippen molar-refractivity contribution >= 4 is 17.5 Å². The number of nitro benzene ring substituents is 2. The molecule has 7 nitrogen and oxygen atoms in total. The molecule has 0 aromatic heterocycles. The van der Waals surface area contributed by atoms with E-state index >= 15 is 0 Å². The molecule has 0 spiro atoms. The lowest BCUT2D eigenvalue weighted by molar-refractivity contribution is -0.394. The van der Waals surface area contributed by atoms with Crippen molar-refractivity contribution in [2.75, 3.05) is 13.6 Å². The molecular weight excluding hydrogens is 250 g/mol. The highest BCUT2D eigenvalue weighted by atomic mass is 16.6. The summed E-state index contributed by atoms with van der Waals surface area (Å²) in [5, 5.41) is 21.6. The maximum absolute atomic E-state index is 11.0. The summed E-state index contributed by atoms with van der Waals surface area (Å²) in [4.78, 5) is 22.4. The first-order chi connectivity index (χ1) is 8.99. The van der Waals surface area contributed by atoms with Crippen molar-refractivity contribution in [1.29, 1.82) is 0 Å². The third kappa shape index (κ3) is 2.70. The number of hydrogen-bond donors (Lipinski definition) is 0. The Morgan fingerprint density at radius 3 is 2.53 bits per heavy atom.